The van der Waals surface area contributed by atoms with Crippen LogP contribution in [0.3, 0.4) is 0 Å². The van der Waals surface area contributed by atoms with E-state index in [4.69, 9.17) is 5.26 Å². The number of nitriles is 1. The molecule has 0 saturated heterocycles. The first-order valence-corrected chi connectivity index (χ1v) is 6.46. The molecule has 1 aromatic rings. The number of nitrogens with two attached hydrogens (primary N) is 1. The van der Waals surface area contributed by atoms with Crippen LogP contribution in [0.25, 0.3) is 0 Å². The fourth-order valence-corrected chi connectivity index (χ4v) is 1.23. The lowest BCUT2D eigenvalue weighted by molar-refractivity contribution is -0.113. The fraction of sp³-hybridized carbons (Fsp3) is 0.375. The highest BCUT2D eigenvalue weighted by Crippen LogP contribution is 2.11. The lowest BCUT2D eigenvalue weighted by atomic mass is 10.0. The van der Waals surface area contributed by atoms with Crippen LogP contribution in [0.1, 0.15) is 43.9 Å². The van der Waals surface area contributed by atoms with Crippen LogP contribution < -0.4 is 5.73 Å². The van der Waals surface area contributed by atoms with Crippen LogP contribution >= 0.6 is 0 Å². The quantitative estimate of drug-likeness (QED) is 0.845. The monoisotopic (exact) mass is 260 g/mol. The van der Waals surface area contributed by atoms with Gasteiger partial charge in [-0.25, -0.2) is 0 Å². The molecule has 0 unspecified atom stereocenters. The van der Waals surface area contributed by atoms with Gasteiger partial charge in [0.15, 0.2) is 0 Å². The van der Waals surface area contributed by atoms with E-state index in [-0.39, 0.29) is 0 Å². The summed E-state index contributed by atoms with van der Waals surface area (Å²) in [5.74, 6) is -0.481. The van der Waals surface area contributed by atoms with E-state index in [9.17, 15) is 4.79 Å². The van der Waals surface area contributed by atoms with Gasteiger partial charge >= 0.3 is 0 Å². The maximum Gasteiger partial charge on any atom is 0.240 e. The second kappa shape index (κ2) is 12.4. The van der Waals surface area contributed by atoms with Gasteiger partial charge in [0.05, 0.1) is 11.6 Å². The molecule has 1 aromatic carbocycles. The van der Waals surface area contributed by atoms with Crippen LogP contribution in [-0.2, 0) is 11.2 Å². The van der Waals surface area contributed by atoms with Crippen molar-refractivity contribution in [2.45, 2.75) is 40.5 Å². The van der Waals surface area contributed by atoms with Gasteiger partial charge in [-0.05, 0) is 36.6 Å². The van der Waals surface area contributed by atoms with E-state index in [2.05, 4.69) is 31.4 Å². The number of carbonyl (C=O) groups excluding carboxylic acids is 1. The van der Waals surface area contributed by atoms with Crippen LogP contribution in [0.5, 0.6) is 0 Å². The minimum Gasteiger partial charge on any atom is -0.366 e. The van der Waals surface area contributed by atoms with E-state index in [0.29, 0.717) is 0 Å². The Morgan fingerprint density at radius 3 is 2.37 bits per heavy atom. The van der Waals surface area contributed by atoms with Crippen molar-refractivity contribution < 1.29 is 4.79 Å². The molecular formula is C16H24N2O. The number of carbonyl (C=O) groups is 1. The Hall–Kier alpha value is -2.08. The zero-order chi connectivity index (χ0) is 15.3. The Morgan fingerprint density at radius 1 is 1.47 bits per heavy atom. The number of amides is 1. The number of rotatable bonds is 3. The number of primary amides is 1. The van der Waals surface area contributed by atoms with Crippen molar-refractivity contribution in [3.05, 3.63) is 47.5 Å². The number of benzene rings is 1. The van der Waals surface area contributed by atoms with E-state index >= 15 is 0 Å². The van der Waals surface area contributed by atoms with E-state index in [1.54, 1.807) is 0 Å². The average Bonchev–Trinajstić information content (AvgIpc) is 2.44. The molecule has 1 amide bonds. The SMILES string of the molecule is C=CC(N)=O.CC.CCCc1ccc(C)c(C#N)c1. The van der Waals surface area contributed by atoms with Gasteiger partial charge in [-0.3, -0.25) is 4.79 Å². The Balaban J connectivity index is 0. The molecule has 19 heavy (non-hydrogen) atoms. The highest BCUT2D eigenvalue weighted by atomic mass is 16.1. The number of nitrogens with zero attached hydrogens (tertiary/aromatic N) is 1. The summed E-state index contributed by atoms with van der Waals surface area (Å²) in [7, 11) is 0. The minimum absolute atomic E-state index is 0.481. The second-order valence-corrected chi connectivity index (χ2v) is 3.62. The van der Waals surface area contributed by atoms with Gasteiger partial charge in [0.1, 0.15) is 0 Å². The molecule has 0 atom stereocenters. The molecule has 0 spiro atoms. The van der Waals surface area contributed by atoms with E-state index < -0.39 is 5.91 Å². The van der Waals surface area contributed by atoms with Gasteiger partial charge < -0.3 is 5.73 Å². The summed E-state index contributed by atoms with van der Waals surface area (Å²) < 4.78 is 0. The molecule has 0 radical (unpaired) electrons. The lowest BCUT2D eigenvalue weighted by Crippen LogP contribution is -2.04. The van der Waals surface area contributed by atoms with E-state index in [1.807, 2.05) is 32.9 Å². The molecular weight excluding hydrogens is 236 g/mol. The third-order valence-corrected chi connectivity index (χ3v) is 2.16. The number of aryl methyl sites for hydroxylation is 2. The van der Waals surface area contributed by atoms with Crippen molar-refractivity contribution in [2.24, 2.45) is 5.73 Å². The highest BCUT2D eigenvalue weighted by molar-refractivity contribution is 5.84. The van der Waals surface area contributed by atoms with Crippen molar-refractivity contribution in [1.82, 2.24) is 0 Å². The summed E-state index contributed by atoms with van der Waals surface area (Å²) in [6.07, 6.45) is 3.25. The molecule has 0 saturated carbocycles. The second-order valence-electron chi connectivity index (χ2n) is 3.62. The summed E-state index contributed by atoms with van der Waals surface area (Å²) in [6, 6.07) is 8.29. The maximum absolute atomic E-state index is 9.47. The van der Waals surface area contributed by atoms with Crippen LogP contribution in [-0.4, -0.2) is 5.91 Å². The average molecular weight is 260 g/mol. The molecule has 0 aromatic heterocycles. The van der Waals surface area contributed by atoms with Crippen LogP contribution in [0.2, 0.25) is 0 Å². The van der Waals surface area contributed by atoms with Gasteiger partial charge in [-0.2, -0.15) is 5.26 Å². The number of hydrogen-bond acceptors (Lipinski definition) is 2. The molecule has 0 fully saturated rings. The molecule has 0 aliphatic heterocycles. The summed E-state index contributed by atoms with van der Waals surface area (Å²) in [4.78, 5) is 9.47. The number of hydrogen-bond donors (Lipinski definition) is 1. The first-order chi connectivity index (χ1) is 9.04. The zero-order valence-corrected chi connectivity index (χ0v) is 12.4. The standard InChI is InChI=1S/C11H13N.C3H5NO.C2H6/c1-3-4-10-6-5-9(2)11(7-10)8-12;1-2-3(4)5;1-2/h5-7H,3-4H2,1-2H3;2H,1H2,(H2,4,5);1-2H3. The minimum atomic E-state index is -0.481. The Kier molecular flexibility index (Phi) is 12.6. The van der Waals surface area contributed by atoms with Crippen molar-refractivity contribution in [3.8, 4) is 6.07 Å². The fourth-order valence-electron chi connectivity index (χ4n) is 1.23. The molecule has 3 heteroatoms. The van der Waals surface area contributed by atoms with Crippen LogP contribution in [0.4, 0.5) is 0 Å². The Labute approximate surface area is 116 Å². The summed E-state index contributed by atoms with van der Waals surface area (Å²) in [5, 5.41) is 8.76. The van der Waals surface area contributed by atoms with Gasteiger partial charge in [0.25, 0.3) is 0 Å². The maximum atomic E-state index is 9.47. The zero-order valence-electron chi connectivity index (χ0n) is 12.4. The third kappa shape index (κ3) is 9.61. The van der Waals surface area contributed by atoms with E-state index in [0.717, 1.165) is 30.0 Å². The topological polar surface area (TPSA) is 66.9 Å². The van der Waals surface area contributed by atoms with Crippen LogP contribution in [0, 0.1) is 18.3 Å². The lowest BCUT2D eigenvalue weighted by Gasteiger charge is -2.01. The van der Waals surface area contributed by atoms with Crippen molar-refractivity contribution >= 4 is 5.91 Å². The van der Waals surface area contributed by atoms with Gasteiger partial charge in [0, 0.05) is 0 Å². The Bertz CT molecular complexity index is 431. The summed E-state index contributed by atoms with van der Waals surface area (Å²) in [5.41, 5.74) is 7.67. The van der Waals surface area contributed by atoms with Gasteiger partial charge in [0.2, 0.25) is 5.91 Å². The molecule has 104 valence electrons. The summed E-state index contributed by atoms with van der Waals surface area (Å²) >= 11 is 0. The third-order valence-electron chi connectivity index (χ3n) is 2.16. The van der Waals surface area contributed by atoms with E-state index in [1.165, 1.54) is 5.56 Å². The largest absolute Gasteiger partial charge is 0.366 e. The van der Waals surface area contributed by atoms with Crippen molar-refractivity contribution in [2.75, 3.05) is 0 Å². The first-order valence-electron chi connectivity index (χ1n) is 6.46. The molecule has 0 heterocycles. The smallest absolute Gasteiger partial charge is 0.240 e. The first kappa shape index (κ1) is 19.3. The van der Waals surface area contributed by atoms with Gasteiger partial charge in [-0.1, -0.05) is 45.9 Å². The van der Waals surface area contributed by atoms with Crippen molar-refractivity contribution in [3.63, 3.8) is 0 Å². The van der Waals surface area contributed by atoms with Crippen LogP contribution in [0.15, 0.2) is 30.9 Å². The molecule has 1 rings (SSSR count). The molecule has 2 N–H and O–H groups in total. The van der Waals surface area contributed by atoms with Gasteiger partial charge in [-0.15, -0.1) is 0 Å². The molecule has 0 aliphatic rings. The highest BCUT2D eigenvalue weighted by Gasteiger charge is 1.97. The molecule has 0 aliphatic carbocycles. The predicted octanol–water partition coefficient (Wildman–Crippen LogP) is 3.50. The summed E-state index contributed by atoms with van der Waals surface area (Å²) in [6.45, 7) is 11.2. The molecule has 0 bridgehead atoms. The predicted molar refractivity (Wildman–Crippen MR) is 80.6 cm³/mol. The molecule has 3 nitrogen and oxygen atoms in total. The normalized spacial score (nSPS) is 7.95. The Morgan fingerprint density at radius 2 is 2.00 bits per heavy atom. The van der Waals surface area contributed by atoms with Crippen molar-refractivity contribution in [1.29, 1.82) is 5.26 Å².